The van der Waals surface area contributed by atoms with Gasteiger partial charge < -0.3 is 0 Å². The Hall–Kier alpha value is -1.59. The monoisotopic (exact) mass is 267 g/mol. The molecule has 2 rings (SSSR count). The summed E-state index contributed by atoms with van der Waals surface area (Å²) in [6.45, 7) is 1.43. The van der Waals surface area contributed by atoms with Crippen molar-refractivity contribution in [1.82, 2.24) is 10.4 Å². The molecule has 6 heteroatoms. The molecule has 0 aliphatic carbocycles. The number of hydrazine groups is 1. The highest BCUT2D eigenvalue weighted by atomic mass is 35.5. The minimum Gasteiger partial charge on any atom is -0.274 e. The Balaban J connectivity index is 2.12. The van der Waals surface area contributed by atoms with Crippen LogP contribution in [0.4, 0.5) is 5.13 Å². The molecule has 1 amide bonds. The van der Waals surface area contributed by atoms with Gasteiger partial charge in [0.1, 0.15) is 0 Å². The van der Waals surface area contributed by atoms with E-state index in [4.69, 9.17) is 11.6 Å². The number of carbonyl (C=O) groups is 1. The summed E-state index contributed by atoms with van der Waals surface area (Å²) < 4.78 is 0. The molecule has 0 aliphatic heterocycles. The predicted octanol–water partition coefficient (Wildman–Crippen LogP) is 2.93. The summed E-state index contributed by atoms with van der Waals surface area (Å²) >= 11 is 7.27. The van der Waals surface area contributed by atoms with Crippen molar-refractivity contribution in [2.45, 2.75) is 6.92 Å². The third kappa shape index (κ3) is 3.18. The molecule has 0 spiro atoms. The van der Waals surface area contributed by atoms with Crippen molar-refractivity contribution in [3.63, 3.8) is 0 Å². The molecule has 1 aromatic carbocycles. The van der Waals surface area contributed by atoms with Crippen molar-refractivity contribution in [2.24, 2.45) is 0 Å². The van der Waals surface area contributed by atoms with Gasteiger partial charge in [0.15, 0.2) is 0 Å². The number of benzene rings is 1. The number of thiazole rings is 1. The first-order valence-electron chi connectivity index (χ1n) is 4.89. The van der Waals surface area contributed by atoms with Gasteiger partial charge in [-0.3, -0.25) is 15.6 Å². The summed E-state index contributed by atoms with van der Waals surface area (Å²) in [4.78, 5) is 15.9. The Morgan fingerprint density at radius 2 is 2.06 bits per heavy atom. The van der Waals surface area contributed by atoms with Gasteiger partial charge in [-0.2, -0.15) is 0 Å². The average molecular weight is 268 g/mol. The highest BCUT2D eigenvalue weighted by molar-refractivity contribution is 7.18. The largest absolute Gasteiger partial charge is 0.274 e. The van der Waals surface area contributed by atoms with Crippen molar-refractivity contribution in [3.8, 4) is 10.4 Å². The number of rotatable bonds is 3. The maximum atomic E-state index is 10.7. The molecule has 0 bridgehead atoms. The van der Waals surface area contributed by atoms with Gasteiger partial charge in [-0.05, 0) is 17.7 Å². The van der Waals surface area contributed by atoms with Crippen molar-refractivity contribution in [3.05, 3.63) is 35.5 Å². The Labute approximate surface area is 108 Å². The number of nitrogens with zero attached hydrogens (tertiary/aromatic N) is 1. The first kappa shape index (κ1) is 11.9. The zero-order valence-corrected chi connectivity index (χ0v) is 10.6. The SMILES string of the molecule is CC(=O)NNc1ncc(-c2ccc(Cl)cc2)s1. The van der Waals surface area contributed by atoms with Crippen LogP contribution in [0.2, 0.25) is 5.02 Å². The lowest BCUT2D eigenvalue weighted by Crippen LogP contribution is -2.26. The van der Waals surface area contributed by atoms with Crippen LogP contribution in [0.1, 0.15) is 6.92 Å². The van der Waals surface area contributed by atoms with E-state index in [1.165, 1.54) is 18.3 Å². The summed E-state index contributed by atoms with van der Waals surface area (Å²) in [5.41, 5.74) is 6.25. The maximum absolute atomic E-state index is 10.7. The fourth-order valence-electron chi connectivity index (χ4n) is 1.22. The van der Waals surface area contributed by atoms with Crippen LogP contribution in [0, 0.1) is 0 Å². The van der Waals surface area contributed by atoms with Gasteiger partial charge in [-0.25, -0.2) is 4.98 Å². The second-order valence-electron chi connectivity index (χ2n) is 3.34. The minimum absolute atomic E-state index is 0.159. The smallest absolute Gasteiger partial charge is 0.235 e. The van der Waals surface area contributed by atoms with E-state index in [0.29, 0.717) is 10.2 Å². The van der Waals surface area contributed by atoms with E-state index in [1.54, 1.807) is 6.20 Å². The van der Waals surface area contributed by atoms with Crippen LogP contribution in [-0.2, 0) is 4.79 Å². The van der Waals surface area contributed by atoms with E-state index < -0.39 is 0 Å². The highest BCUT2D eigenvalue weighted by Gasteiger charge is 2.04. The Bertz CT molecular complexity index is 524. The molecule has 1 aromatic heterocycles. The molecular weight excluding hydrogens is 258 g/mol. The molecule has 0 fully saturated rings. The number of hydrogen-bond donors (Lipinski definition) is 2. The van der Waals surface area contributed by atoms with Gasteiger partial charge in [0.05, 0.1) is 4.88 Å². The third-order valence-corrected chi connectivity index (χ3v) is 3.19. The van der Waals surface area contributed by atoms with Crippen molar-refractivity contribution in [1.29, 1.82) is 0 Å². The molecule has 88 valence electrons. The van der Waals surface area contributed by atoms with Crippen LogP contribution < -0.4 is 10.9 Å². The topological polar surface area (TPSA) is 54.0 Å². The van der Waals surface area contributed by atoms with Crippen LogP contribution in [0.3, 0.4) is 0 Å². The number of nitrogens with one attached hydrogen (secondary N) is 2. The van der Waals surface area contributed by atoms with Crippen LogP contribution in [0.25, 0.3) is 10.4 Å². The number of halogens is 1. The zero-order chi connectivity index (χ0) is 12.3. The van der Waals surface area contributed by atoms with Gasteiger partial charge in [0.25, 0.3) is 0 Å². The van der Waals surface area contributed by atoms with Crippen LogP contribution in [0.5, 0.6) is 0 Å². The van der Waals surface area contributed by atoms with Crippen molar-refractivity contribution >= 4 is 34.0 Å². The standard InChI is InChI=1S/C11H10ClN3OS/c1-7(16)14-15-11-13-6-10(17-11)8-2-4-9(12)5-3-8/h2-6H,1H3,(H,13,15)(H,14,16). The summed E-state index contributed by atoms with van der Waals surface area (Å²) in [7, 11) is 0. The Morgan fingerprint density at radius 3 is 2.71 bits per heavy atom. The van der Waals surface area contributed by atoms with E-state index >= 15 is 0 Å². The first-order valence-corrected chi connectivity index (χ1v) is 6.09. The number of hydrogen-bond acceptors (Lipinski definition) is 4. The molecule has 2 aromatic rings. The summed E-state index contributed by atoms with van der Waals surface area (Å²) in [5, 5.41) is 1.35. The molecule has 0 saturated carbocycles. The quantitative estimate of drug-likeness (QED) is 0.841. The van der Waals surface area contributed by atoms with E-state index in [1.807, 2.05) is 24.3 Å². The van der Waals surface area contributed by atoms with E-state index in [9.17, 15) is 4.79 Å². The first-order chi connectivity index (χ1) is 8.15. The molecule has 17 heavy (non-hydrogen) atoms. The number of carbonyl (C=O) groups excluding carboxylic acids is 1. The minimum atomic E-state index is -0.159. The van der Waals surface area contributed by atoms with E-state index in [-0.39, 0.29) is 5.91 Å². The molecule has 0 atom stereocenters. The van der Waals surface area contributed by atoms with Gasteiger partial charge in [0, 0.05) is 18.1 Å². The van der Waals surface area contributed by atoms with E-state index in [0.717, 1.165) is 10.4 Å². The molecule has 0 unspecified atom stereocenters. The average Bonchev–Trinajstić information content (AvgIpc) is 2.76. The number of anilines is 1. The lowest BCUT2D eigenvalue weighted by atomic mass is 10.2. The summed E-state index contributed by atoms with van der Waals surface area (Å²) in [6.07, 6.45) is 1.75. The summed E-state index contributed by atoms with van der Waals surface area (Å²) in [6, 6.07) is 7.52. The molecule has 0 saturated heterocycles. The van der Waals surface area contributed by atoms with Gasteiger partial charge in [-0.15, -0.1) is 0 Å². The predicted molar refractivity (Wildman–Crippen MR) is 70.0 cm³/mol. The number of aromatic nitrogens is 1. The lowest BCUT2D eigenvalue weighted by molar-refractivity contribution is -0.118. The second-order valence-corrected chi connectivity index (χ2v) is 4.81. The molecule has 1 heterocycles. The normalized spacial score (nSPS) is 10.0. The van der Waals surface area contributed by atoms with Gasteiger partial charge in [0.2, 0.25) is 11.0 Å². The van der Waals surface area contributed by atoms with Crippen molar-refractivity contribution < 1.29 is 4.79 Å². The second kappa shape index (κ2) is 5.16. The third-order valence-electron chi connectivity index (χ3n) is 1.98. The van der Waals surface area contributed by atoms with Crippen LogP contribution in [0.15, 0.2) is 30.5 Å². The van der Waals surface area contributed by atoms with Crippen LogP contribution >= 0.6 is 22.9 Å². The van der Waals surface area contributed by atoms with Gasteiger partial charge in [-0.1, -0.05) is 35.1 Å². The molecule has 2 N–H and O–H groups in total. The summed E-state index contributed by atoms with van der Waals surface area (Å²) in [5.74, 6) is -0.159. The van der Waals surface area contributed by atoms with E-state index in [2.05, 4.69) is 15.8 Å². The molecule has 0 radical (unpaired) electrons. The Morgan fingerprint density at radius 1 is 1.35 bits per heavy atom. The number of amides is 1. The fraction of sp³-hybridized carbons (Fsp3) is 0.0909. The fourth-order valence-corrected chi connectivity index (χ4v) is 2.12. The maximum Gasteiger partial charge on any atom is 0.235 e. The van der Waals surface area contributed by atoms with Gasteiger partial charge >= 0.3 is 0 Å². The highest BCUT2D eigenvalue weighted by Crippen LogP contribution is 2.29. The Kier molecular flexibility index (Phi) is 3.61. The molecular formula is C11H10ClN3OS. The van der Waals surface area contributed by atoms with Crippen molar-refractivity contribution in [2.75, 3.05) is 5.43 Å². The zero-order valence-electron chi connectivity index (χ0n) is 9.03. The molecule has 0 aliphatic rings. The molecule has 4 nitrogen and oxygen atoms in total. The van der Waals surface area contributed by atoms with Crippen LogP contribution in [-0.4, -0.2) is 10.9 Å². The lowest BCUT2D eigenvalue weighted by Gasteiger charge is -2.00.